The number of allylic oxidation sites excluding steroid dienone is 4. The Hall–Kier alpha value is -1.09. The highest BCUT2D eigenvalue weighted by Gasteiger charge is 2.08. The van der Waals surface area contributed by atoms with Gasteiger partial charge in [0.1, 0.15) is 0 Å². The minimum Gasteiger partial charge on any atom is -0.231 e. The summed E-state index contributed by atoms with van der Waals surface area (Å²) >= 11 is 1.57. The van der Waals surface area contributed by atoms with E-state index in [1.807, 2.05) is 30.7 Å². The van der Waals surface area contributed by atoms with Gasteiger partial charge in [0.2, 0.25) is 0 Å². The van der Waals surface area contributed by atoms with Crippen molar-refractivity contribution in [1.29, 1.82) is 0 Å². The molecule has 3 heteroatoms. The zero-order valence-corrected chi connectivity index (χ0v) is 8.16. The van der Waals surface area contributed by atoms with Crippen LogP contribution in [0, 0.1) is 0 Å². The quantitative estimate of drug-likeness (QED) is 0.529. The summed E-state index contributed by atoms with van der Waals surface area (Å²) in [5.41, 5.74) is 1.07. The van der Waals surface area contributed by atoms with Crippen LogP contribution >= 0.6 is 11.8 Å². The molecule has 66 valence electrons. The smallest absolute Gasteiger partial charge is 0.187 e. The first kappa shape index (κ1) is 8.51. The van der Waals surface area contributed by atoms with Gasteiger partial charge in [-0.15, -0.1) is 0 Å². The predicted molar refractivity (Wildman–Crippen MR) is 54.8 cm³/mol. The minimum atomic E-state index is 0.342. The van der Waals surface area contributed by atoms with Crippen molar-refractivity contribution in [1.82, 2.24) is 9.97 Å². The third-order valence-electron chi connectivity index (χ3n) is 1.93. The van der Waals surface area contributed by atoms with Crippen molar-refractivity contribution in [3.8, 4) is 0 Å². The Balaban J connectivity index is 2.29. The molecule has 2 rings (SSSR count). The fraction of sp³-hybridized carbons (Fsp3) is 0.200. The number of nitrogens with zero attached hydrogens (tertiary/aromatic N) is 2. The van der Waals surface area contributed by atoms with Gasteiger partial charge in [0.25, 0.3) is 0 Å². The molecule has 0 bridgehead atoms. The maximum atomic E-state index is 4.42. The van der Waals surface area contributed by atoms with Gasteiger partial charge >= 0.3 is 0 Å². The van der Waals surface area contributed by atoms with Gasteiger partial charge in [-0.25, -0.2) is 9.97 Å². The van der Waals surface area contributed by atoms with E-state index in [2.05, 4.69) is 22.1 Å². The SMILES string of the molecule is CSc1nccc(C2C=CC=C2)n1. The fourth-order valence-corrected chi connectivity index (χ4v) is 1.63. The summed E-state index contributed by atoms with van der Waals surface area (Å²) in [6.45, 7) is 0. The second kappa shape index (κ2) is 3.75. The van der Waals surface area contributed by atoms with Crippen LogP contribution in [0.4, 0.5) is 0 Å². The van der Waals surface area contributed by atoms with E-state index in [1.54, 1.807) is 11.8 Å². The molecular weight excluding hydrogens is 180 g/mol. The summed E-state index contributed by atoms with van der Waals surface area (Å²) in [6.07, 6.45) is 12.2. The summed E-state index contributed by atoms with van der Waals surface area (Å²) in [5.74, 6) is 0.342. The van der Waals surface area contributed by atoms with Gasteiger partial charge in [-0.2, -0.15) is 0 Å². The number of aromatic nitrogens is 2. The normalized spacial score (nSPS) is 15.5. The molecule has 13 heavy (non-hydrogen) atoms. The summed E-state index contributed by atoms with van der Waals surface area (Å²) < 4.78 is 0. The molecule has 1 aromatic rings. The fourth-order valence-electron chi connectivity index (χ4n) is 1.27. The summed E-state index contributed by atoms with van der Waals surface area (Å²) in [4.78, 5) is 8.56. The van der Waals surface area contributed by atoms with Crippen molar-refractivity contribution >= 4 is 11.8 Å². The van der Waals surface area contributed by atoms with Crippen LogP contribution in [0.3, 0.4) is 0 Å². The first-order valence-electron chi connectivity index (χ1n) is 4.12. The second-order valence-electron chi connectivity index (χ2n) is 2.76. The first-order valence-corrected chi connectivity index (χ1v) is 5.34. The Morgan fingerprint density at radius 3 is 2.77 bits per heavy atom. The molecule has 0 N–H and O–H groups in total. The van der Waals surface area contributed by atoms with Gasteiger partial charge in [-0.1, -0.05) is 36.1 Å². The molecule has 0 aromatic carbocycles. The lowest BCUT2D eigenvalue weighted by Crippen LogP contribution is -1.96. The Bertz CT molecular complexity index is 346. The van der Waals surface area contributed by atoms with Gasteiger partial charge in [0.05, 0.1) is 5.69 Å². The zero-order chi connectivity index (χ0) is 9.10. The Morgan fingerprint density at radius 1 is 1.31 bits per heavy atom. The van der Waals surface area contributed by atoms with Crippen molar-refractivity contribution in [3.63, 3.8) is 0 Å². The van der Waals surface area contributed by atoms with E-state index in [0.29, 0.717) is 5.92 Å². The average Bonchev–Trinajstić information content (AvgIpc) is 2.71. The van der Waals surface area contributed by atoms with E-state index in [-0.39, 0.29) is 0 Å². The molecule has 0 unspecified atom stereocenters. The first-order chi connectivity index (χ1) is 6.40. The second-order valence-corrected chi connectivity index (χ2v) is 3.54. The van der Waals surface area contributed by atoms with Gasteiger partial charge in [-0.05, 0) is 12.3 Å². The summed E-state index contributed by atoms with van der Waals surface area (Å²) in [7, 11) is 0. The van der Waals surface area contributed by atoms with E-state index in [4.69, 9.17) is 0 Å². The Morgan fingerprint density at radius 2 is 2.08 bits per heavy atom. The largest absolute Gasteiger partial charge is 0.231 e. The topological polar surface area (TPSA) is 25.8 Å². The van der Waals surface area contributed by atoms with Crippen molar-refractivity contribution < 1.29 is 0 Å². The standard InChI is InChI=1S/C10H10N2S/c1-13-10-11-7-6-9(12-10)8-4-2-3-5-8/h2-8H,1H3. The molecule has 1 aliphatic carbocycles. The van der Waals surface area contributed by atoms with Crippen LogP contribution in [-0.4, -0.2) is 16.2 Å². The summed E-state index contributed by atoms with van der Waals surface area (Å²) in [5, 5.41) is 0.839. The van der Waals surface area contributed by atoms with E-state index in [0.717, 1.165) is 10.9 Å². The van der Waals surface area contributed by atoms with Crippen LogP contribution < -0.4 is 0 Å². The number of hydrogen-bond acceptors (Lipinski definition) is 3. The molecule has 1 aromatic heterocycles. The van der Waals surface area contributed by atoms with E-state index in [1.165, 1.54) is 0 Å². The average molecular weight is 190 g/mol. The molecule has 0 amide bonds. The van der Waals surface area contributed by atoms with Crippen molar-refractivity contribution in [2.45, 2.75) is 11.1 Å². The third kappa shape index (κ3) is 1.80. The zero-order valence-electron chi connectivity index (χ0n) is 7.34. The molecular formula is C10H10N2S. The van der Waals surface area contributed by atoms with E-state index in [9.17, 15) is 0 Å². The molecule has 1 heterocycles. The Kier molecular flexibility index (Phi) is 2.45. The lowest BCUT2D eigenvalue weighted by atomic mass is 10.1. The van der Waals surface area contributed by atoms with Gasteiger partial charge in [-0.3, -0.25) is 0 Å². The molecule has 0 radical (unpaired) electrons. The highest BCUT2D eigenvalue weighted by Crippen LogP contribution is 2.21. The van der Waals surface area contributed by atoms with E-state index >= 15 is 0 Å². The minimum absolute atomic E-state index is 0.342. The van der Waals surface area contributed by atoms with Crippen LogP contribution in [0.2, 0.25) is 0 Å². The molecule has 0 saturated carbocycles. The van der Waals surface area contributed by atoms with Crippen LogP contribution in [0.25, 0.3) is 0 Å². The molecule has 0 spiro atoms. The van der Waals surface area contributed by atoms with Crippen molar-refractivity contribution in [2.75, 3.05) is 6.26 Å². The molecule has 0 saturated heterocycles. The molecule has 0 atom stereocenters. The van der Waals surface area contributed by atoms with Crippen LogP contribution in [0.1, 0.15) is 11.6 Å². The maximum Gasteiger partial charge on any atom is 0.187 e. The van der Waals surface area contributed by atoms with Crippen LogP contribution in [-0.2, 0) is 0 Å². The predicted octanol–water partition coefficient (Wildman–Crippen LogP) is 2.41. The lowest BCUT2D eigenvalue weighted by molar-refractivity contribution is 0.878. The Labute approximate surface area is 81.8 Å². The summed E-state index contributed by atoms with van der Waals surface area (Å²) in [6, 6.07) is 1.96. The number of hydrogen-bond donors (Lipinski definition) is 0. The maximum absolute atomic E-state index is 4.42. The lowest BCUT2D eigenvalue weighted by Gasteiger charge is -2.04. The highest BCUT2D eigenvalue weighted by atomic mass is 32.2. The molecule has 1 aliphatic rings. The number of thioether (sulfide) groups is 1. The van der Waals surface area contributed by atoms with E-state index < -0.39 is 0 Å². The van der Waals surface area contributed by atoms with Crippen molar-refractivity contribution in [3.05, 3.63) is 42.3 Å². The van der Waals surface area contributed by atoms with Crippen molar-refractivity contribution in [2.24, 2.45) is 0 Å². The van der Waals surface area contributed by atoms with Gasteiger partial charge in [0.15, 0.2) is 5.16 Å². The highest BCUT2D eigenvalue weighted by molar-refractivity contribution is 7.98. The number of rotatable bonds is 2. The monoisotopic (exact) mass is 190 g/mol. The molecule has 0 fully saturated rings. The van der Waals surface area contributed by atoms with Gasteiger partial charge < -0.3 is 0 Å². The molecule has 0 aliphatic heterocycles. The third-order valence-corrected chi connectivity index (χ3v) is 2.49. The van der Waals surface area contributed by atoms with Crippen LogP contribution in [0.5, 0.6) is 0 Å². The van der Waals surface area contributed by atoms with Gasteiger partial charge in [0, 0.05) is 12.1 Å². The molecule has 2 nitrogen and oxygen atoms in total. The van der Waals surface area contributed by atoms with Crippen LogP contribution in [0.15, 0.2) is 41.7 Å².